The molecule has 0 atom stereocenters. The van der Waals surface area contributed by atoms with Crippen LogP contribution in [0.2, 0.25) is 0 Å². The molecule has 1 aliphatic carbocycles. The van der Waals surface area contributed by atoms with Crippen molar-refractivity contribution in [3.8, 4) is 0 Å². The Morgan fingerprint density at radius 2 is 2.12 bits per heavy atom. The average Bonchev–Trinajstić information content (AvgIpc) is 3.01. The molecule has 96 valence electrons. The molecule has 1 aliphatic rings. The summed E-state index contributed by atoms with van der Waals surface area (Å²) in [5.41, 5.74) is 0. The van der Waals surface area contributed by atoms with E-state index in [1.165, 1.54) is 12.8 Å². The van der Waals surface area contributed by atoms with Crippen molar-refractivity contribution in [1.29, 1.82) is 0 Å². The summed E-state index contributed by atoms with van der Waals surface area (Å²) < 4.78 is 5.77. The number of rotatable bonds is 8. The lowest BCUT2D eigenvalue weighted by molar-refractivity contribution is 0.437. The Kier molecular flexibility index (Phi) is 4.95. The van der Waals surface area contributed by atoms with Crippen molar-refractivity contribution in [2.75, 3.05) is 26.4 Å². The maximum absolute atomic E-state index is 5.77. The van der Waals surface area contributed by atoms with Gasteiger partial charge in [0.1, 0.15) is 11.5 Å². The molecule has 0 amide bonds. The van der Waals surface area contributed by atoms with Gasteiger partial charge in [0.05, 0.1) is 12.3 Å². The highest BCUT2D eigenvalue weighted by Crippen LogP contribution is 2.20. The first-order valence-corrected chi connectivity index (χ1v) is 7.43. The van der Waals surface area contributed by atoms with E-state index in [9.17, 15) is 0 Å². The molecule has 0 saturated heterocycles. The Bertz CT molecular complexity index is 334. The standard InChI is InChI=1S/C13H22N2OS/c1-15(2)7-8-17-10-13-6-5-12(16-13)9-14-11-3-4-11/h5-6,11,14H,3-4,7-10H2,1-2H3. The zero-order valence-electron chi connectivity index (χ0n) is 10.7. The monoisotopic (exact) mass is 254 g/mol. The van der Waals surface area contributed by atoms with Crippen LogP contribution in [0.15, 0.2) is 16.5 Å². The second-order valence-corrected chi connectivity index (χ2v) is 5.98. The fourth-order valence-electron chi connectivity index (χ4n) is 1.55. The smallest absolute Gasteiger partial charge is 0.118 e. The number of hydrogen-bond acceptors (Lipinski definition) is 4. The van der Waals surface area contributed by atoms with E-state index in [0.717, 1.165) is 42.2 Å². The second-order valence-electron chi connectivity index (χ2n) is 4.88. The molecule has 1 fully saturated rings. The van der Waals surface area contributed by atoms with Crippen molar-refractivity contribution in [2.24, 2.45) is 0 Å². The lowest BCUT2D eigenvalue weighted by Crippen LogP contribution is -2.14. The van der Waals surface area contributed by atoms with E-state index >= 15 is 0 Å². The van der Waals surface area contributed by atoms with Gasteiger partial charge in [0.15, 0.2) is 0 Å². The van der Waals surface area contributed by atoms with Crippen molar-refractivity contribution in [1.82, 2.24) is 10.2 Å². The van der Waals surface area contributed by atoms with Gasteiger partial charge in [-0.3, -0.25) is 0 Å². The molecular formula is C13H22N2OS. The summed E-state index contributed by atoms with van der Waals surface area (Å²) in [6.45, 7) is 2.01. The number of furan rings is 1. The fraction of sp³-hybridized carbons (Fsp3) is 0.692. The molecule has 1 aromatic rings. The van der Waals surface area contributed by atoms with Gasteiger partial charge in [-0.1, -0.05) is 0 Å². The summed E-state index contributed by atoms with van der Waals surface area (Å²) in [5.74, 6) is 4.31. The third kappa shape index (κ3) is 5.15. The summed E-state index contributed by atoms with van der Waals surface area (Å²) in [6, 6.07) is 4.95. The van der Waals surface area contributed by atoms with Gasteiger partial charge in [-0.05, 0) is 39.1 Å². The predicted octanol–water partition coefficient (Wildman–Crippen LogP) is 2.33. The highest BCUT2D eigenvalue weighted by atomic mass is 32.2. The van der Waals surface area contributed by atoms with Gasteiger partial charge in [0.25, 0.3) is 0 Å². The van der Waals surface area contributed by atoms with Gasteiger partial charge < -0.3 is 14.6 Å². The van der Waals surface area contributed by atoms with Crippen molar-refractivity contribution in [2.45, 2.75) is 31.2 Å². The Morgan fingerprint density at radius 3 is 2.82 bits per heavy atom. The van der Waals surface area contributed by atoms with Crippen LogP contribution in [-0.4, -0.2) is 37.3 Å². The molecule has 1 N–H and O–H groups in total. The van der Waals surface area contributed by atoms with Crippen LogP contribution >= 0.6 is 11.8 Å². The summed E-state index contributed by atoms with van der Waals surface area (Å²) in [6.07, 6.45) is 2.65. The Labute approximate surface area is 108 Å². The first kappa shape index (κ1) is 13.0. The van der Waals surface area contributed by atoms with E-state index in [1.807, 2.05) is 11.8 Å². The van der Waals surface area contributed by atoms with Gasteiger partial charge in [-0.15, -0.1) is 0 Å². The predicted molar refractivity (Wildman–Crippen MR) is 73.3 cm³/mol. The molecule has 3 nitrogen and oxygen atoms in total. The fourth-order valence-corrected chi connectivity index (χ4v) is 2.54. The van der Waals surface area contributed by atoms with E-state index in [-0.39, 0.29) is 0 Å². The summed E-state index contributed by atoms with van der Waals surface area (Å²) in [7, 11) is 4.21. The minimum Gasteiger partial charge on any atom is -0.464 e. The molecule has 0 radical (unpaired) electrons. The van der Waals surface area contributed by atoms with Crippen molar-refractivity contribution in [3.05, 3.63) is 23.7 Å². The average molecular weight is 254 g/mol. The lowest BCUT2D eigenvalue weighted by atomic mass is 10.4. The normalized spacial score (nSPS) is 15.7. The Balaban J connectivity index is 1.62. The molecule has 1 heterocycles. The molecule has 4 heteroatoms. The summed E-state index contributed by atoms with van der Waals surface area (Å²) in [4.78, 5) is 2.21. The van der Waals surface area contributed by atoms with Crippen LogP contribution < -0.4 is 5.32 Å². The largest absolute Gasteiger partial charge is 0.464 e. The SMILES string of the molecule is CN(C)CCSCc1ccc(CNC2CC2)o1. The first-order chi connectivity index (χ1) is 8.24. The highest BCUT2D eigenvalue weighted by molar-refractivity contribution is 7.98. The van der Waals surface area contributed by atoms with Gasteiger partial charge in [-0.2, -0.15) is 11.8 Å². The van der Waals surface area contributed by atoms with Crippen LogP contribution in [0, 0.1) is 0 Å². The second kappa shape index (κ2) is 6.47. The van der Waals surface area contributed by atoms with E-state index in [4.69, 9.17) is 4.42 Å². The van der Waals surface area contributed by atoms with E-state index < -0.39 is 0 Å². The summed E-state index contributed by atoms with van der Waals surface area (Å²) >= 11 is 1.93. The van der Waals surface area contributed by atoms with E-state index in [1.54, 1.807) is 0 Å². The maximum Gasteiger partial charge on any atom is 0.118 e. The van der Waals surface area contributed by atoms with Crippen molar-refractivity contribution < 1.29 is 4.42 Å². The molecule has 0 unspecified atom stereocenters. The Morgan fingerprint density at radius 1 is 1.35 bits per heavy atom. The molecule has 17 heavy (non-hydrogen) atoms. The third-order valence-corrected chi connectivity index (χ3v) is 3.75. The molecule has 1 aromatic heterocycles. The zero-order valence-corrected chi connectivity index (χ0v) is 11.6. The lowest BCUT2D eigenvalue weighted by Gasteiger charge is -2.07. The van der Waals surface area contributed by atoms with Crippen LogP contribution in [0.5, 0.6) is 0 Å². The quantitative estimate of drug-likeness (QED) is 0.721. The number of hydrogen-bond donors (Lipinski definition) is 1. The molecule has 2 rings (SSSR count). The van der Waals surface area contributed by atoms with Gasteiger partial charge >= 0.3 is 0 Å². The van der Waals surface area contributed by atoms with Crippen LogP contribution in [-0.2, 0) is 12.3 Å². The van der Waals surface area contributed by atoms with Crippen LogP contribution in [0.25, 0.3) is 0 Å². The van der Waals surface area contributed by atoms with Gasteiger partial charge in [0, 0.05) is 18.3 Å². The summed E-state index contributed by atoms with van der Waals surface area (Å²) in [5, 5.41) is 3.46. The molecule has 0 aromatic carbocycles. The minimum atomic E-state index is 0.748. The number of nitrogens with zero attached hydrogens (tertiary/aromatic N) is 1. The maximum atomic E-state index is 5.77. The highest BCUT2D eigenvalue weighted by Gasteiger charge is 2.20. The molecular weight excluding hydrogens is 232 g/mol. The molecule has 0 bridgehead atoms. The molecule has 0 spiro atoms. The van der Waals surface area contributed by atoms with Crippen LogP contribution in [0.3, 0.4) is 0 Å². The van der Waals surface area contributed by atoms with E-state index in [0.29, 0.717) is 0 Å². The third-order valence-electron chi connectivity index (χ3n) is 2.79. The minimum absolute atomic E-state index is 0.748. The zero-order chi connectivity index (χ0) is 12.1. The molecule has 0 aliphatic heterocycles. The number of nitrogens with one attached hydrogen (secondary N) is 1. The topological polar surface area (TPSA) is 28.4 Å². The van der Waals surface area contributed by atoms with Crippen molar-refractivity contribution >= 4 is 11.8 Å². The van der Waals surface area contributed by atoms with Crippen LogP contribution in [0.4, 0.5) is 0 Å². The molecule has 1 saturated carbocycles. The van der Waals surface area contributed by atoms with Crippen LogP contribution in [0.1, 0.15) is 24.4 Å². The van der Waals surface area contributed by atoms with Gasteiger partial charge in [0.2, 0.25) is 0 Å². The first-order valence-electron chi connectivity index (χ1n) is 6.27. The van der Waals surface area contributed by atoms with E-state index in [2.05, 4.69) is 36.4 Å². The number of thioether (sulfide) groups is 1. The van der Waals surface area contributed by atoms with Crippen molar-refractivity contribution in [3.63, 3.8) is 0 Å². The Hall–Kier alpha value is -0.450. The van der Waals surface area contributed by atoms with Gasteiger partial charge in [-0.25, -0.2) is 0 Å².